The zero-order chi connectivity index (χ0) is 11.7. The van der Waals surface area contributed by atoms with Crippen molar-refractivity contribution >= 4 is 0 Å². The van der Waals surface area contributed by atoms with E-state index >= 15 is 0 Å². The van der Waals surface area contributed by atoms with Gasteiger partial charge in [0.25, 0.3) is 0 Å². The zero-order valence-electron chi connectivity index (χ0n) is 9.49. The van der Waals surface area contributed by atoms with Gasteiger partial charge >= 0.3 is 0 Å². The molecule has 0 radical (unpaired) electrons. The fourth-order valence-corrected chi connectivity index (χ4v) is 1.63. The molecule has 1 aromatic carbocycles. The van der Waals surface area contributed by atoms with E-state index in [-0.39, 0.29) is 11.7 Å². The summed E-state index contributed by atoms with van der Waals surface area (Å²) in [6.45, 7) is 5.80. The molecular formula is C12H13FN2O. The lowest BCUT2D eigenvalue weighted by Crippen LogP contribution is -1.94. The molecule has 2 aromatic rings. The van der Waals surface area contributed by atoms with Crippen LogP contribution in [0, 0.1) is 12.7 Å². The predicted molar refractivity (Wildman–Crippen MR) is 58.5 cm³/mol. The van der Waals surface area contributed by atoms with Crippen LogP contribution < -0.4 is 0 Å². The van der Waals surface area contributed by atoms with Gasteiger partial charge in [-0.3, -0.25) is 0 Å². The second-order valence-corrected chi connectivity index (χ2v) is 4.02. The number of hydrogen-bond donors (Lipinski definition) is 0. The summed E-state index contributed by atoms with van der Waals surface area (Å²) in [5, 5.41) is 3.82. The van der Waals surface area contributed by atoms with Crippen molar-refractivity contribution in [3.63, 3.8) is 0 Å². The Morgan fingerprint density at radius 1 is 1.31 bits per heavy atom. The number of hydrogen-bond acceptors (Lipinski definition) is 3. The van der Waals surface area contributed by atoms with Crippen LogP contribution in [0.4, 0.5) is 4.39 Å². The third-order valence-corrected chi connectivity index (χ3v) is 2.41. The molecule has 0 saturated heterocycles. The predicted octanol–water partition coefficient (Wildman–Crippen LogP) is 3.31. The molecule has 0 N–H and O–H groups in total. The first-order valence-electron chi connectivity index (χ1n) is 5.18. The van der Waals surface area contributed by atoms with E-state index in [0.717, 1.165) is 5.56 Å². The molecule has 0 unspecified atom stereocenters. The Hall–Kier alpha value is -1.71. The Labute approximate surface area is 93.3 Å². The van der Waals surface area contributed by atoms with Gasteiger partial charge in [0.2, 0.25) is 11.7 Å². The lowest BCUT2D eigenvalue weighted by atomic mass is 9.97. The van der Waals surface area contributed by atoms with Crippen LogP contribution in [0.3, 0.4) is 0 Å². The number of rotatable bonds is 2. The Morgan fingerprint density at radius 3 is 2.62 bits per heavy atom. The summed E-state index contributed by atoms with van der Waals surface area (Å²) in [6, 6.07) is 4.66. The lowest BCUT2D eigenvalue weighted by molar-refractivity contribution is 0.394. The fraction of sp³-hybridized carbons (Fsp3) is 0.333. The first kappa shape index (κ1) is 10.8. The number of aryl methyl sites for hydroxylation is 1. The van der Waals surface area contributed by atoms with Crippen molar-refractivity contribution in [1.29, 1.82) is 0 Å². The summed E-state index contributed by atoms with van der Waals surface area (Å²) < 4.78 is 18.1. The molecule has 1 heterocycles. The first-order valence-corrected chi connectivity index (χ1v) is 5.18. The second-order valence-electron chi connectivity index (χ2n) is 4.02. The smallest absolute Gasteiger partial charge is 0.223 e. The number of benzene rings is 1. The van der Waals surface area contributed by atoms with Gasteiger partial charge in [0, 0.05) is 12.5 Å². The average Bonchev–Trinajstić information content (AvgIpc) is 2.64. The van der Waals surface area contributed by atoms with Crippen LogP contribution in [0.1, 0.15) is 31.2 Å². The maximum atomic E-state index is 13.2. The van der Waals surface area contributed by atoms with Gasteiger partial charge in [-0.05, 0) is 23.6 Å². The summed E-state index contributed by atoms with van der Waals surface area (Å²) >= 11 is 0. The molecule has 0 bridgehead atoms. The average molecular weight is 220 g/mol. The number of aromatic nitrogens is 2. The van der Waals surface area contributed by atoms with Crippen LogP contribution in [-0.4, -0.2) is 10.1 Å². The molecule has 0 aliphatic heterocycles. The van der Waals surface area contributed by atoms with E-state index in [4.69, 9.17) is 4.52 Å². The minimum atomic E-state index is -0.290. The maximum absolute atomic E-state index is 13.2. The van der Waals surface area contributed by atoms with E-state index in [0.29, 0.717) is 17.3 Å². The van der Waals surface area contributed by atoms with Crippen LogP contribution in [0.2, 0.25) is 0 Å². The van der Waals surface area contributed by atoms with Crippen molar-refractivity contribution in [3.8, 4) is 11.4 Å². The van der Waals surface area contributed by atoms with Gasteiger partial charge in [0.1, 0.15) is 5.82 Å². The van der Waals surface area contributed by atoms with Crippen molar-refractivity contribution in [1.82, 2.24) is 10.1 Å². The number of halogens is 1. The Morgan fingerprint density at radius 2 is 2.06 bits per heavy atom. The highest BCUT2D eigenvalue weighted by molar-refractivity contribution is 5.60. The van der Waals surface area contributed by atoms with Crippen molar-refractivity contribution in [2.45, 2.75) is 26.7 Å². The van der Waals surface area contributed by atoms with Crippen LogP contribution >= 0.6 is 0 Å². The summed E-state index contributed by atoms with van der Waals surface area (Å²) in [7, 11) is 0. The van der Waals surface area contributed by atoms with E-state index in [9.17, 15) is 4.39 Å². The highest BCUT2D eigenvalue weighted by Gasteiger charge is 2.14. The highest BCUT2D eigenvalue weighted by atomic mass is 19.1. The van der Waals surface area contributed by atoms with Crippen molar-refractivity contribution in [2.75, 3.05) is 0 Å². The molecule has 0 spiro atoms. The molecule has 0 atom stereocenters. The summed E-state index contributed by atoms with van der Waals surface area (Å²) in [5.74, 6) is 0.922. The van der Waals surface area contributed by atoms with Crippen molar-refractivity contribution in [3.05, 3.63) is 35.5 Å². The molecule has 4 heteroatoms. The van der Waals surface area contributed by atoms with Gasteiger partial charge in [-0.1, -0.05) is 25.1 Å². The quantitative estimate of drug-likeness (QED) is 0.779. The Kier molecular flexibility index (Phi) is 2.73. The molecule has 1 aromatic heterocycles. The summed E-state index contributed by atoms with van der Waals surface area (Å²) in [5.41, 5.74) is 1.72. The molecule has 0 saturated carbocycles. The van der Waals surface area contributed by atoms with E-state index < -0.39 is 0 Å². The molecule has 0 amide bonds. The van der Waals surface area contributed by atoms with Crippen LogP contribution in [0.5, 0.6) is 0 Å². The number of nitrogens with zero attached hydrogens (tertiary/aromatic N) is 2. The van der Waals surface area contributed by atoms with Crippen LogP contribution in [-0.2, 0) is 0 Å². The molecule has 3 nitrogen and oxygen atoms in total. The standard InChI is InChI=1S/C12H13FN2O/c1-7(2)10-5-4-9(13)6-11(10)12-14-8(3)16-15-12/h4-7H,1-3H3. The SMILES string of the molecule is Cc1nc(-c2cc(F)ccc2C(C)C)no1. The molecular weight excluding hydrogens is 207 g/mol. The fourth-order valence-electron chi connectivity index (χ4n) is 1.63. The second kappa shape index (κ2) is 4.04. The van der Waals surface area contributed by atoms with Crippen LogP contribution in [0.25, 0.3) is 11.4 Å². The van der Waals surface area contributed by atoms with Gasteiger partial charge < -0.3 is 4.52 Å². The summed E-state index contributed by atoms with van der Waals surface area (Å²) in [6.07, 6.45) is 0. The minimum absolute atomic E-state index is 0.286. The lowest BCUT2D eigenvalue weighted by Gasteiger charge is -2.09. The monoisotopic (exact) mass is 220 g/mol. The molecule has 0 aliphatic rings. The van der Waals surface area contributed by atoms with Gasteiger partial charge in [0.05, 0.1) is 0 Å². The Balaban J connectivity index is 2.57. The molecule has 84 valence electrons. The molecule has 0 fully saturated rings. The van der Waals surface area contributed by atoms with Crippen molar-refractivity contribution < 1.29 is 8.91 Å². The van der Waals surface area contributed by atoms with E-state index in [1.54, 1.807) is 13.0 Å². The topological polar surface area (TPSA) is 38.9 Å². The first-order chi connectivity index (χ1) is 7.58. The van der Waals surface area contributed by atoms with Crippen LogP contribution in [0.15, 0.2) is 22.7 Å². The minimum Gasteiger partial charge on any atom is -0.339 e. The third kappa shape index (κ3) is 1.96. The van der Waals surface area contributed by atoms with Gasteiger partial charge in [-0.25, -0.2) is 4.39 Å². The maximum Gasteiger partial charge on any atom is 0.223 e. The highest BCUT2D eigenvalue weighted by Crippen LogP contribution is 2.27. The van der Waals surface area contributed by atoms with E-state index in [1.165, 1.54) is 12.1 Å². The van der Waals surface area contributed by atoms with Gasteiger partial charge in [-0.2, -0.15) is 4.98 Å². The molecule has 2 rings (SSSR count). The largest absolute Gasteiger partial charge is 0.339 e. The summed E-state index contributed by atoms with van der Waals surface area (Å²) in [4.78, 5) is 4.12. The normalized spacial score (nSPS) is 11.1. The van der Waals surface area contributed by atoms with Gasteiger partial charge in [0.15, 0.2) is 0 Å². The van der Waals surface area contributed by atoms with E-state index in [2.05, 4.69) is 10.1 Å². The Bertz CT molecular complexity index is 505. The van der Waals surface area contributed by atoms with Crippen molar-refractivity contribution in [2.24, 2.45) is 0 Å². The van der Waals surface area contributed by atoms with Gasteiger partial charge in [-0.15, -0.1) is 0 Å². The molecule has 16 heavy (non-hydrogen) atoms. The van der Waals surface area contributed by atoms with E-state index in [1.807, 2.05) is 13.8 Å². The third-order valence-electron chi connectivity index (χ3n) is 2.41. The zero-order valence-corrected chi connectivity index (χ0v) is 9.49. The molecule has 0 aliphatic carbocycles.